The van der Waals surface area contributed by atoms with Crippen LogP contribution in [0.25, 0.3) is 0 Å². The molecule has 3 aromatic rings. The molecular weight excluding hydrogens is 328 g/mol. The van der Waals surface area contributed by atoms with Gasteiger partial charge in [-0.3, -0.25) is 0 Å². The average Bonchev–Trinajstić information content (AvgIpc) is 3.15. The summed E-state index contributed by atoms with van der Waals surface area (Å²) in [5.74, 6) is 1.31. The van der Waals surface area contributed by atoms with Crippen molar-refractivity contribution >= 4 is 11.7 Å². The van der Waals surface area contributed by atoms with Crippen LogP contribution in [0, 0.1) is 0 Å². The van der Waals surface area contributed by atoms with Crippen LogP contribution >= 0.6 is 0 Å². The first-order chi connectivity index (χ1) is 12.8. The molecule has 0 atom stereocenters. The molecule has 1 heterocycles. The zero-order valence-electron chi connectivity index (χ0n) is 14.0. The number of benzene rings is 3. The van der Waals surface area contributed by atoms with Crippen LogP contribution in [0.3, 0.4) is 0 Å². The molecule has 0 bridgehead atoms. The van der Waals surface area contributed by atoms with Crippen molar-refractivity contribution in [2.75, 3.05) is 12.1 Å². The number of amides is 2. The molecule has 130 valence electrons. The number of hydrogen-bond donors (Lipinski definition) is 2. The third-order valence-electron chi connectivity index (χ3n) is 4.17. The number of carbonyl (C=O) groups is 1. The van der Waals surface area contributed by atoms with E-state index in [9.17, 15) is 4.79 Å². The molecule has 0 unspecified atom stereocenters. The topological polar surface area (TPSA) is 59.6 Å². The third kappa shape index (κ3) is 3.47. The molecule has 2 amide bonds. The van der Waals surface area contributed by atoms with E-state index in [-0.39, 0.29) is 18.9 Å². The van der Waals surface area contributed by atoms with E-state index in [2.05, 4.69) is 10.6 Å². The number of carbonyl (C=O) groups excluding carboxylic acids is 1. The highest BCUT2D eigenvalue weighted by Gasteiger charge is 2.18. The van der Waals surface area contributed by atoms with Gasteiger partial charge in [0, 0.05) is 11.8 Å². The summed E-state index contributed by atoms with van der Waals surface area (Å²) < 4.78 is 10.6. The summed E-state index contributed by atoms with van der Waals surface area (Å²) in [5, 5.41) is 5.90. The highest BCUT2D eigenvalue weighted by molar-refractivity contribution is 5.90. The molecule has 0 saturated heterocycles. The predicted molar refractivity (Wildman–Crippen MR) is 99.4 cm³/mol. The van der Waals surface area contributed by atoms with Gasteiger partial charge in [0.2, 0.25) is 6.79 Å². The quantitative estimate of drug-likeness (QED) is 0.739. The lowest BCUT2D eigenvalue weighted by Crippen LogP contribution is -2.33. The Kier molecular flexibility index (Phi) is 4.43. The lowest BCUT2D eigenvalue weighted by Gasteiger charge is -2.20. The Morgan fingerprint density at radius 2 is 1.42 bits per heavy atom. The van der Waals surface area contributed by atoms with Crippen molar-refractivity contribution in [3.8, 4) is 11.5 Å². The molecule has 0 fully saturated rings. The average molecular weight is 346 g/mol. The minimum Gasteiger partial charge on any atom is -0.454 e. The van der Waals surface area contributed by atoms with E-state index < -0.39 is 0 Å². The summed E-state index contributed by atoms with van der Waals surface area (Å²) in [6.07, 6.45) is 0. The van der Waals surface area contributed by atoms with Gasteiger partial charge in [-0.15, -0.1) is 0 Å². The van der Waals surface area contributed by atoms with Crippen LogP contribution in [-0.4, -0.2) is 12.8 Å². The Balaban J connectivity index is 1.53. The SMILES string of the molecule is O=C(Nc1ccc2c(c1)OCO2)NC(c1ccccc1)c1ccccc1. The fourth-order valence-corrected chi connectivity index (χ4v) is 2.92. The van der Waals surface area contributed by atoms with E-state index in [1.165, 1.54) is 0 Å². The van der Waals surface area contributed by atoms with Gasteiger partial charge in [0.15, 0.2) is 11.5 Å². The largest absolute Gasteiger partial charge is 0.454 e. The van der Waals surface area contributed by atoms with Crippen molar-refractivity contribution in [2.45, 2.75) is 6.04 Å². The summed E-state index contributed by atoms with van der Waals surface area (Å²) in [5.41, 5.74) is 2.67. The molecule has 0 radical (unpaired) electrons. The molecule has 1 aliphatic heterocycles. The first-order valence-corrected chi connectivity index (χ1v) is 8.37. The van der Waals surface area contributed by atoms with Gasteiger partial charge < -0.3 is 20.1 Å². The first kappa shape index (κ1) is 16.0. The Labute approximate surface area is 151 Å². The van der Waals surface area contributed by atoms with Crippen LogP contribution < -0.4 is 20.1 Å². The van der Waals surface area contributed by atoms with Gasteiger partial charge in [-0.2, -0.15) is 0 Å². The summed E-state index contributed by atoms with van der Waals surface area (Å²) in [6.45, 7) is 0.203. The van der Waals surface area contributed by atoms with E-state index in [4.69, 9.17) is 9.47 Å². The monoisotopic (exact) mass is 346 g/mol. The lowest BCUT2D eigenvalue weighted by molar-refractivity contribution is 0.174. The second-order valence-corrected chi connectivity index (χ2v) is 5.92. The van der Waals surface area contributed by atoms with E-state index in [1.54, 1.807) is 18.2 Å². The smallest absolute Gasteiger partial charge is 0.319 e. The molecule has 4 rings (SSSR count). The van der Waals surface area contributed by atoms with E-state index in [0.29, 0.717) is 17.2 Å². The van der Waals surface area contributed by atoms with Crippen molar-refractivity contribution in [3.05, 3.63) is 90.0 Å². The Morgan fingerprint density at radius 3 is 2.08 bits per heavy atom. The van der Waals surface area contributed by atoms with Gasteiger partial charge in [-0.05, 0) is 23.3 Å². The number of fused-ring (bicyclic) bond motifs is 1. The number of ether oxygens (including phenoxy) is 2. The zero-order valence-corrected chi connectivity index (χ0v) is 14.0. The van der Waals surface area contributed by atoms with Gasteiger partial charge in [0.1, 0.15) is 0 Å². The number of anilines is 1. The minimum atomic E-state index is -0.290. The number of nitrogens with one attached hydrogen (secondary N) is 2. The van der Waals surface area contributed by atoms with Gasteiger partial charge in [-0.25, -0.2) is 4.79 Å². The molecule has 1 aliphatic rings. The van der Waals surface area contributed by atoms with Gasteiger partial charge in [-0.1, -0.05) is 60.7 Å². The number of hydrogen-bond acceptors (Lipinski definition) is 3. The van der Waals surface area contributed by atoms with Gasteiger partial charge in [0.05, 0.1) is 6.04 Å². The molecule has 0 aliphatic carbocycles. The number of rotatable bonds is 4. The van der Waals surface area contributed by atoms with E-state index in [0.717, 1.165) is 11.1 Å². The van der Waals surface area contributed by atoms with Crippen LogP contribution in [0.15, 0.2) is 78.9 Å². The highest BCUT2D eigenvalue weighted by atomic mass is 16.7. The number of urea groups is 1. The maximum atomic E-state index is 12.6. The fourth-order valence-electron chi connectivity index (χ4n) is 2.92. The maximum Gasteiger partial charge on any atom is 0.319 e. The molecule has 0 saturated carbocycles. The standard InChI is InChI=1S/C21H18N2O3/c24-21(22-17-11-12-18-19(13-17)26-14-25-18)23-20(15-7-3-1-4-8-15)16-9-5-2-6-10-16/h1-13,20H,14H2,(H2,22,23,24). The van der Waals surface area contributed by atoms with Crippen LogP contribution in [0.2, 0.25) is 0 Å². The Morgan fingerprint density at radius 1 is 0.808 bits per heavy atom. The fraction of sp³-hybridized carbons (Fsp3) is 0.0952. The molecule has 2 N–H and O–H groups in total. The Hall–Kier alpha value is -3.47. The van der Waals surface area contributed by atoms with Crippen LogP contribution in [-0.2, 0) is 0 Å². The van der Waals surface area contributed by atoms with Crippen molar-refractivity contribution in [3.63, 3.8) is 0 Å². The van der Waals surface area contributed by atoms with Crippen molar-refractivity contribution in [2.24, 2.45) is 0 Å². The third-order valence-corrected chi connectivity index (χ3v) is 4.17. The zero-order chi connectivity index (χ0) is 17.8. The van der Waals surface area contributed by atoms with Gasteiger partial charge >= 0.3 is 6.03 Å². The second-order valence-electron chi connectivity index (χ2n) is 5.92. The van der Waals surface area contributed by atoms with E-state index in [1.807, 2.05) is 60.7 Å². The van der Waals surface area contributed by atoms with Crippen molar-refractivity contribution in [1.29, 1.82) is 0 Å². The summed E-state index contributed by atoms with van der Waals surface area (Å²) in [6, 6.07) is 24.5. The molecule has 3 aromatic carbocycles. The highest BCUT2D eigenvalue weighted by Crippen LogP contribution is 2.34. The molecular formula is C21H18N2O3. The van der Waals surface area contributed by atoms with Crippen molar-refractivity contribution in [1.82, 2.24) is 5.32 Å². The minimum absolute atomic E-state index is 0.203. The van der Waals surface area contributed by atoms with Crippen LogP contribution in [0.5, 0.6) is 11.5 Å². The van der Waals surface area contributed by atoms with Crippen molar-refractivity contribution < 1.29 is 14.3 Å². The lowest BCUT2D eigenvalue weighted by atomic mass is 9.99. The van der Waals surface area contributed by atoms with Crippen LogP contribution in [0.1, 0.15) is 17.2 Å². The normalized spacial score (nSPS) is 12.0. The summed E-state index contributed by atoms with van der Waals surface area (Å²) in [7, 11) is 0. The first-order valence-electron chi connectivity index (χ1n) is 8.37. The maximum absolute atomic E-state index is 12.6. The summed E-state index contributed by atoms with van der Waals surface area (Å²) in [4.78, 5) is 12.6. The molecule has 5 nitrogen and oxygen atoms in total. The predicted octanol–water partition coefficient (Wildman–Crippen LogP) is 4.33. The van der Waals surface area contributed by atoms with Crippen LogP contribution in [0.4, 0.5) is 10.5 Å². The molecule has 26 heavy (non-hydrogen) atoms. The molecule has 0 spiro atoms. The summed E-state index contributed by atoms with van der Waals surface area (Å²) >= 11 is 0. The van der Waals surface area contributed by atoms with Gasteiger partial charge in [0.25, 0.3) is 0 Å². The van der Waals surface area contributed by atoms with E-state index >= 15 is 0 Å². The molecule has 0 aromatic heterocycles. The Bertz CT molecular complexity index is 858. The molecule has 5 heteroatoms. The second kappa shape index (κ2) is 7.19.